The van der Waals surface area contributed by atoms with Gasteiger partial charge in [0, 0.05) is 6.07 Å². The Morgan fingerprint density at radius 3 is 2.76 bits per heavy atom. The van der Waals surface area contributed by atoms with Crippen molar-refractivity contribution in [2.45, 2.75) is 6.61 Å². The number of rotatable bonds is 3. The van der Waals surface area contributed by atoms with Crippen molar-refractivity contribution in [3.63, 3.8) is 0 Å². The normalized spacial score (nSPS) is 10.7. The third kappa shape index (κ3) is 2.64. The van der Waals surface area contributed by atoms with Crippen LogP contribution in [0.2, 0.25) is 0 Å². The van der Waals surface area contributed by atoms with E-state index >= 15 is 0 Å². The zero-order valence-corrected chi connectivity index (χ0v) is 10.8. The van der Waals surface area contributed by atoms with E-state index in [0.29, 0.717) is 11.1 Å². The number of ether oxygens (including phenoxy) is 1. The SMILES string of the molecule is O=C(OCc1nc2ccccc2o1)c1ccc(O)cc1O. The third-order valence-corrected chi connectivity index (χ3v) is 2.87. The molecule has 6 heteroatoms. The number of esters is 1. The summed E-state index contributed by atoms with van der Waals surface area (Å²) in [5.41, 5.74) is 1.25. The Bertz CT molecular complexity index is 776. The maximum Gasteiger partial charge on any atom is 0.342 e. The van der Waals surface area contributed by atoms with Gasteiger partial charge >= 0.3 is 5.97 Å². The van der Waals surface area contributed by atoms with E-state index in [0.717, 1.165) is 6.07 Å². The van der Waals surface area contributed by atoms with Crippen LogP contribution in [0, 0.1) is 0 Å². The van der Waals surface area contributed by atoms with Gasteiger partial charge in [-0.15, -0.1) is 0 Å². The molecule has 0 radical (unpaired) electrons. The zero-order valence-electron chi connectivity index (χ0n) is 10.8. The van der Waals surface area contributed by atoms with Crippen LogP contribution in [0.15, 0.2) is 46.9 Å². The molecule has 0 saturated heterocycles. The number of benzene rings is 2. The van der Waals surface area contributed by atoms with Crippen molar-refractivity contribution >= 4 is 17.1 Å². The van der Waals surface area contributed by atoms with Crippen LogP contribution < -0.4 is 0 Å². The third-order valence-electron chi connectivity index (χ3n) is 2.87. The first-order valence-corrected chi connectivity index (χ1v) is 6.17. The molecule has 6 nitrogen and oxygen atoms in total. The summed E-state index contributed by atoms with van der Waals surface area (Å²) in [6.07, 6.45) is 0. The van der Waals surface area contributed by atoms with E-state index in [1.807, 2.05) is 12.1 Å². The lowest BCUT2D eigenvalue weighted by Crippen LogP contribution is -2.05. The minimum absolute atomic E-state index is 0.0380. The van der Waals surface area contributed by atoms with E-state index in [9.17, 15) is 15.0 Å². The summed E-state index contributed by atoms with van der Waals surface area (Å²) in [5.74, 6) is -0.946. The Morgan fingerprint density at radius 1 is 1.19 bits per heavy atom. The van der Waals surface area contributed by atoms with Gasteiger partial charge in [-0.3, -0.25) is 0 Å². The van der Waals surface area contributed by atoms with Gasteiger partial charge in [0.1, 0.15) is 22.6 Å². The smallest absolute Gasteiger partial charge is 0.342 e. The summed E-state index contributed by atoms with van der Waals surface area (Å²) in [5, 5.41) is 18.7. The van der Waals surface area contributed by atoms with Crippen LogP contribution in [0.25, 0.3) is 11.1 Å². The fraction of sp³-hybridized carbons (Fsp3) is 0.0667. The van der Waals surface area contributed by atoms with Gasteiger partial charge in [-0.25, -0.2) is 9.78 Å². The fourth-order valence-electron chi connectivity index (χ4n) is 1.88. The number of aromatic nitrogens is 1. The Morgan fingerprint density at radius 2 is 2.00 bits per heavy atom. The van der Waals surface area contributed by atoms with Crippen molar-refractivity contribution in [3.05, 3.63) is 53.9 Å². The number of para-hydroxylation sites is 2. The minimum atomic E-state index is -0.727. The van der Waals surface area contributed by atoms with Crippen LogP contribution in [0.1, 0.15) is 16.2 Å². The van der Waals surface area contributed by atoms with E-state index in [1.54, 1.807) is 12.1 Å². The Hall–Kier alpha value is -3.02. The second-order valence-corrected chi connectivity index (χ2v) is 4.35. The molecule has 0 saturated carbocycles. The van der Waals surface area contributed by atoms with Crippen molar-refractivity contribution in [1.29, 1.82) is 0 Å². The molecule has 1 heterocycles. The summed E-state index contributed by atoms with van der Waals surface area (Å²) in [4.78, 5) is 16.0. The summed E-state index contributed by atoms with van der Waals surface area (Å²) in [7, 11) is 0. The fourth-order valence-corrected chi connectivity index (χ4v) is 1.88. The van der Waals surface area contributed by atoms with Crippen LogP contribution in [0.4, 0.5) is 0 Å². The number of carbonyl (C=O) groups excluding carboxylic acids is 1. The largest absolute Gasteiger partial charge is 0.508 e. The second-order valence-electron chi connectivity index (χ2n) is 4.35. The van der Waals surface area contributed by atoms with Gasteiger partial charge in [0.15, 0.2) is 12.2 Å². The number of fused-ring (bicyclic) bond motifs is 1. The molecule has 3 rings (SSSR count). The molecule has 0 fully saturated rings. The second kappa shape index (κ2) is 5.16. The molecule has 0 bridgehead atoms. The van der Waals surface area contributed by atoms with Crippen molar-refractivity contribution < 1.29 is 24.2 Å². The van der Waals surface area contributed by atoms with Crippen LogP contribution >= 0.6 is 0 Å². The molecule has 0 atom stereocenters. The Kier molecular flexibility index (Phi) is 3.19. The average Bonchev–Trinajstić information content (AvgIpc) is 2.87. The number of phenols is 2. The predicted molar refractivity (Wildman–Crippen MR) is 72.9 cm³/mol. The highest BCUT2D eigenvalue weighted by Gasteiger charge is 2.15. The van der Waals surface area contributed by atoms with Crippen molar-refractivity contribution in [3.8, 4) is 11.5 Å². The van der Waals surface area contributed by atoms with Gasteiger partial charge in [-0.05, 0) is 24.3 Å². The monoisotopic (exact) mass is 285 g/mol. The molecule has 21 heavy (non-hydrogen) atoms. The van der Waals surface area contributed by atoms with Crippen molar-refractivity contribution in [1.82, 2.24) is 4.98 Å². The highest BCUT2D eigenvalue weighted by atomic mass is 16.5. The molecule has 0 spiro atoms. The highest BCUT2D eigenvalue weighted by molar-refractivity contribution is 5.92. The lowest BCUT2D eigenvalue weighted by atomic mass is 10.2. The first-order valence-electron chi connectivity index (χ1n) is 6.17. The minimum Gasteiger partial charge on any atom is -0.508 e. The summed E-state index contributed by atoms with van der Waals surface area (Å²) >= 11 is 0. The molecule has 3 aromatic rings. The number of nitrogens with zero attached hydrogens (tertiary/aromatic N) is 1. The number of phenolic OH excluding ortho intramolecular Hbond substituents is 2. The predicted octanol–water partition coefficient (Wildman–Crippen LogP) is 2.60. The quantitative estimate of drug-likeness (QED) is 0.718. The maximum absolute atomic E-state index is 11.8. The molecular formula is C15H11NO5. The standard InChI is InChI=1S/C15H11NO5/c17-9-5-6-10(12(18)7-9)15(19)20-8-14-16-11-3-1-2-4-13(11)21-14/h1-7,17-18H,8H2. The van der Waals surface area contributed by atoms with Crippen molar-refractivity contribution in [2.24, 2.45) is 0 Å². The average molecular weight is 285 g/mol. The Balaban J connectivity index is 1.73. The molecule has 2 N–H and O–H groups in total. The number of hydrogen-bond acceptors (Lipinski definition) is 6. The first-order chi connectivity index (χ1) is 10.1. The molecule has 1 aromatic heterocycles. The summed E-state index contributed by atoms with van der Waals surface area (Å²) in [6, 6.07) is 10.8. The van der Waals surface area contributed by atoms with Gasteiger partial charge in [0.2, 0.25) is 5.89 Å². The topological polar surface area (TPSA) is 92.8 Å². The summed E-state index contributed by atoms with van der Waals surface area (Å²) < 4.78 is 10.4. The number of aromatic hydroxyl groups is 2. The van der Waals surface area contributed by atoms with E-state index in [4.69, 9.17) is 9.15 Å². The lowest BCUT2D eigenvalue weighted by molar-refractivity contribution is 0.0437. The number of carbonyl (C=O) groups is 1. The van der Waals surface area contributed by atoms with Gasteiger partial charge in [-0.2, -0.15) is 0 Å². The van der Waals surface area contributed by atoms with E-state index in [1.165, 1.54) is 12.1 Å². The molecule has 0 aliphatic carbocycles. The molecule has 0 amide bonds. The van der Waals surface area contributed by atoms with Gasteiger partial charge in [-0.1, -0.05) is 12.1 Å². The van der Waals surface area contributed by atoms with Crippen LogP contribution in [0.5, 0.6) is 11.5 Å². The number of oxazole rings is 1. The zero-order chi connectivity index (χ0) is 14.8. The number of hydrogen-bond donors (Lipinski definition) is 2. The molecule has 0 unspecified atom stereocenters. The molecule has 0 aliphatic heterocycles. The van der Waals surface area contributed by atoms with E-state index < -0.39 is 5.97 Å². The van der Waals surface area contributed by atoms with E-state index in [-0.39, 0.29) is 29.6 Å². The first kappa shape index (κ1) is 13.0. The van der Waals surface area contributed by atoms with Crippen molar-refractivity contribution in [2.75, 3.05) is 0 Å². The van der Waals surface area contributed by atoms with Gasteiger partial charge in [0.25, 0.3) is 0 Å². The highest BCUT2D eigenvalue weighted by Crippen LogP contribution is 2.23. The lowest BCUT2D eigenvalue weighted by Gasteiger charge is -2.04. The van der Waals surface area contributed by atoms with E-state index in [2.05, 4.69) is 4.98 Å². The van der Waals surface area contributed by atoms with Crippen LogP contribution in [0.3, 0.4) is 0 Å². The van der Waals surface area contributed by atoms with Gasteiger partial charge < -0.3 is 19.4 Å². The summed E-state index contributed by atoms with van der Waals surface area (Å²) in [6.45, 7) is -0.145. The molecular weight excluding hydrogens is 274 g/mol. The van der Waals surface area contributed by atoms with Crippen LogP contribution in [-0.2, 0) is 11.3 Å². The molecule has 2 aromatic carbocycles. The Labute approximate surface area is 119 Å². The molecule has 0 aliphatic rings. The van der Waals surface area contributed by atoms with Gasteiger partial charge in [0.05, 0.1) is 0 Å². The maximum atomic E-state index is 11.8. The van der Waals surface area contributed by atoms with Crippen LogP contribution in [-0.4, -0.2) is 21.2 Å². The molecule has 106 valence electrons.